The number of ether oxygens (including phenoxy) is 1. The highest BCUT2D eigenvalue weighted by Gasteiger charge is 2.34. The van der Waals surface area contributed by atoms with Crippen LogP contribution in [0.3, 0.4) is 0 Å². The first-order chi connectivity index (χ1) is 13.7. The van der Waals surface area contributed by atoms with E-state index < -0.39 is 0 Å². The van der Waals surface area contributed by atoms with Gasteiger partial charge in [-0.2, -0.15) is 4.98 Å². The van der Waals surface area contributed by atoms with Crippen molar-refractivity contribution in [1.82, 2.24) is 15.0 Å². The molecule has 1 aliphatic rings. The van der Waals surface area contributed by atoms with Gasteiger partial charge in [-0.05, 0) is 44.0 Å². The molecule has 28 heavy (non-hydrogen) atoms. The summed E-state index contributed by atoms with van der Waals surface area (Å²) in [5.41, 5.74) is 2.67. The molecule has 0 bridgehead atoms. The van der Waals surface area contributed by atoms with Gasteiger partial charge in [0.1, 0.15) is 11.8 Å². The number of likely N-dealkylation sites (tertiary alicyclic amines) is 1. The summed E-state index contributed by atoms with van der Waals surface area (Å²) in [5.74, 6) is 1.57. The molecule has 7 nitrogen and oxygen atoms in total. The van der Waals surface area contributed by atoms with E-state index >= 15 is 0 Å². The minimum Gasteiger partial charge on any atom is -0.496 e. The summed E-state index contributed by atoms with van der Waals surface area (Å²) in [6.07, 6.45) is 1.67. The smallest absolute Gasteiger partial charge is 0.322 e. The average Bonchev–Trinajstić information content (AvgIpc) is 3.39. The molecule has 144 valence electrons. The molecule has 1 N–H and O–H groups in total. The number of amides is 2. The van der Waals surface area contributed by atoms with Gasteiger partial charge in [-0.3, -0.25) is 0 Å². The van der Waals surface area contributed by atoms with Crippen LogP contribution in [0.2, 0.25) is 0 Å². The summed E-state index contributed by atoms with van der Waals surface area (Å²) in [6, 6.07) is 14.8. The zero-order valence-electron chi connectivity index (χ0n) is 15.9. The predicted molar refractivity (Wildman–Crippen MR) is 105 cm³/mol. The Morgan fingerprint density at radius 3 is 2.79 bits per heavy atom. The molecule has 2 heterocycles. The van der Waals surface area contributed by atoms with E-state index in [1.165, 1.54) is 0 Å². The van der Waals surface area contributed by atoms with Crippen LogP contribution in [0.25, 0.3) is 11.4 Å². The van der Waals surface area contributed by atoms with Crippen molar-refractivity contribution in [2.45, 2.75) is 25.8 Å². The molecule has 3 aromatic rings. The predicted octanol–water partition coefficient (Wildman–Crippen LogP) is 4.42. The number of carbonyl (C=O) groups is 1. The average molecular weight is 378 g/mol. The number of rotatable bonds is 4. The first kappa shape index (κ1) is 18.0. The molecule has 7 heteroatoms. The van der Waals surface area contributed by atoms with Gasteiger partial charge in [0.05, 0.1) is 12.7 Å². The van der Waals surface area contributed by atoms with Gasteiger partial charge in [-0.15, -0.1) is 0 Å². The van der Waals surface area contributed by atoms with Crippen molar-refractivity contribution in [2.75, 3.05) is 19.0 Å². The highest BCUT2D eigenvalue weighted by atomic mass is 16.5. The van der Waals surface area contributed by atoms with E-state index in [4.69, 9.17) is 9.26 Å². The summed E-state index contributed by atoms with van der Waals surface area (Å²) < 4.78 is 10.9. The van der Waals surface area contributed by atoms with Crippen molar-refractivity contribution < 1.29 is 14.1 Å². The molecule has 4 rings (SSSR count). The molecule has 0 spiro atoms. The summed E-state index contributed by atoms with van der Waals surface area (Å²) in [4.78, 5) is 19.1. The normalized spacial score (nSPS) is 16.2. The number of aromatic nitrogens is 2. The van der Waals surface area contributed by atoms with Crippen LogP contribution in [0.5, 0.6) is 5.75 Å². The fourth-order valence-corrected chi connectivity index (χ4v) is 3.41. The number of hydrogen-bond acceptors (Lipinski definition) is 5. The number of aryl methyl sites for hydroxylation is 1. The summed E-state index contributed by atoms with van der Waals surface area (Å²) >= 11 is 0. The number of urea groups is 1. The van der Waals surface area contributed by atoms with Gasteiger partial charge in [-0.1, -0.05) is 35.0 Å². The number of para-hydroxylation sites is 1. The van der Waals surface area contributed by atoms with Crippen molar-refractivity contribution in [2.24, 2.45) is 0 Å². The van der Waals surface area contributed by atoms with Crippen LogP contribution in [0.1, 0.15) is 30.3 Å². The lowest BCUT2D eigenvalue weighted by Crippen LogP contribution is -2.34. The summed E-state index contributed by atoms with van der Waals surface area (Å²) in [5, 5.41) is 7.05. The number of anilines is 1. The molecule has 2 aromatic carbocycles. The Kier molecular flexibility index (Phi) is 4.97. The van der Waals surface area contributed by atoms with Crippen molar-refractivity contribution >= 4 is 11.7 Å². The molecular weight excluding hydrogens is 356 g/mol. The molecular formula is C21H22N4O3. The maximum absolute atomic E-state index is 12.8. The van der Waals surface area contributed by atoms with E-state index in [-0.39, 0.29) is 12.1 Å². The van der Waals surface area contributed by atoms with Crippen molar-refractivity contribution in [1.29, 1.82) is 0 Å². The van der Waals surface area contributed by atoms with Crippen LogP contribution in [0, 0.1) is 6.92 Å². The third-order valence-corrected chi connectivity index (χ3v) is 4.89. The second-order valence-electron chi connectivity index (χ2n) is 6.80. The van der Waals surface area contributed by atoms with Crippen LogP contribution in [0.15, 0.2) is 53.1 Å². The van der Waals surface area contributed by atoms with Crippen molar-refractivity contribution in [3.8, 4) is 17.1 Å². The molecule has 0 radical (unpaired) electrons. The molecule has 0 aliphatic carbocycles. The Morgan fingerprint density at radius 1 is 1.21 bits per heavy atom. The molecule has 1 aliphatic heterocycles. The fourth-order valence-electron chi connectivity index (χ4n) is 3.41. The molecule has 1 atom stereocenters. The van der Waals surface area contributed by atoms with Crippen molar-refractivity contribution in [3.05, 3.63) is 60.0 Å². The number of carbonyl (C=O) groups excluding carboxylic acids is 1. The minimum absolute atomic E-state index is 0.164. The van der Waals surface area contributed by atoms with Crippen LogP contribution in [-0.2, 0) is 0 Å². The third-order valence-electron chi connectivity index (χ3n) is 4.89. The van der Waals surface area contributed by atoms with Crippen LogP contribution in [-0.4, -0.2) is 34.7 Å². The quantitative estimate of drug-likeness (QED) is 0.727. The Hall–Kier alpha value is -3.35. The number of nitrogens with zero attached hydrogens (tertiary/aromatic N) is 3. The Labute approximate surface area is 163 Å². The second-order valence-corrected chi connectivity index (χ2v) is 6.80. The maximum Gasteiger partial charge on any atom is 0.322 e. The van der Waals surface area contributed by atoms with Crippen LogP contribution in [0.4, 0.5) is 10.5 Å². The minimum atomic E-state index is -0.235. The number of benzene rings is 2. The number of hydrogen-bond donors (Lipinski definition) is 1. The van der Waals surface area contributed by atoms with Crippen LogP contribution < -0.4 is 10.1 Å². The maximum atomic E-state index is 12.8. The van der Waals surface area contributed by atoms with E-state index in [9.17, 15) is 4.79 Å². The number of nitrogens with one attached hydrogen (secondary N) is 1. The van der Waals surface area contributed by atoms with E-state index in [0.717, 1.165) is 29.7 Å². The Balaban J connectivity index is 1.53. The third kappa shape index (κ3) is 3.55. The monoisotopic (exact) mass is 378 g/mol. The molecule has 1 saturated heterocycles. The number of methoxy groups -OCH3 is 1. The molecule has 1 fully saturated rings. The SMILES string of the molecule is COc1ccccc1-c1noc(C2CCCN2C(=O)Nc2ccc(C)cc2)n1. The lowest BCUT2D eigenvalue weighted by atomic mass is 10.2. The van der Waals surface area contributed by atoms with E-state index in [0.29, 0.717) is 24.0 Å². The van der Waals surface area contributed by atoms with E-state index in [1.807, 2.05) is 55.5 Å². The van der Waals surface area contributed by atoms with Crippen LogP contribution >= 0.6 is 0 Å². The van der Waals surface area contributed by atoms with E-state index in [2.05, 4.69) is 15.5 Å². The van der Waals surface area contributed by atoms with Gasteiger partial charge in [-0.25, -0.2) is 4.79 Å². The second kappa shape index (κ2) is 7.72. The first-order valence-corrected chi connectivity index (χ1v) is 9.27. The van der Waals surface area contributed by atoms with Gasteiger partial charge in [0.2, 0.25) is 11.7 Å². The van der Waals surface area contributed by atoms with Crippen molar-refractivity contribution in [3.63, 3.8) is 0 Å². The molecule has 1 aromatic heterocycles. The standard InChI is InChI=1S/C21H22N4O3/c1-14-9-11-15(12-10-14)22-21(26)25-13-5-7-17(25)20-23-19(24-28-20)16-6-3-4-8-18(16)27-2/h3-4,6,8-12,17H,5,7,13H2,1-2H3,(H,22,26). The fraction of sp³-hybridized carbons (Fsp3) is 0.286. The van der Waals surface area contributed by atoms with Gasteiger partial charge >= 0.3 is 6.03 Å². The Morgan fingerprint density at radius 2 is 2.00 bits per heavy atom. The molecule has 1 unspecified atom stereocenters. The summed E-state index contributed by atoms with van der Waals surface area (Å²) in [7, 11) is 1.61. The Bertz CT molecular complexity index is 968. The van der Waals surface area contributed by atoms with Gasteiger partial charge < -0.3 is 19.5 Å². The summed E-state index contributed by atoms with van der Waals surface area (Å²) in [6.45, 7) is 2.66. The highest BCUT2D eigenvalue weighted by molar-refractivity contribution is 5.89. The zero-order chi connectivity index (χ0) is 19.5. The lowest BCUT2D eigenvalue weighted by molar-refractivity contribution is 0.193. The van der Waals surface area contributed by atoms with Gasteiger partial charge in [0.25, 0.3) is 0 Å². The van der Waals surface area contributed by atoms with Gasteiger partial charge in [0, 0.05) is 12.2 Å². The van der Waals surface area contributed by atoms with E-state index in [1.54, 1.807) is 12.0 Å². The molecule has 2 amide bonds. The zero-order valence-corrected chi connectivity index (χ0v) is 15.9. The molecule has 0 saturated carbocycles. The van der Waals surface area contributed by atoms with Gasteiger partial charge in [0.15, 0.2) is 0 Å². The first-order valence-electron chi connectivity index (χ1n) is 9.27. The topological polar surface area (TPSA) is 80.5 Å². The lowest BCUT2D eigenvalue weighted by Gasteiger charge is -2.22. The largest absolute Gasteiger partial charge is 0.496 e. The highest BCUT2D eigenvalue weighted by Crippen LogP contribution is 2.34.